The largest absolute Gasteiger partial charge is 0.493 e. The topological polar surface area (TPSA) is 21.3 Å². The minimum absolute atomic E-state index is 0.115. The summed E-state index contributed by atoms with van der Waals surface area (Å²) < 4.78 is 18.9. The van der Waals surface area contributed by atoms with Crippen molar-refractivity contribution >= 4 is 11.6 Å². The Morgan fingerprint density at radius 1 is 1.25 bits per heavy atom. The van der Waals surface area contributed by atoms with Gasteiger partial charge in [0, 0.05) is 17.0 Å². The first-order chi connectivity index (χ1) is 9.70. The van der Waals surface area contributed by atoms with Gasteiger partial charge in [-0.2, -0.15) is 0 Å². The molecule has 0 bridgehead atoms. The van der Waals surface area contributed by atoms with E-state index in [9.17, 15) is 4.39 Å². The minimum atomic E-state index is -0.330. The Morgan fingerprint density at radius 3 is 2.85 bits per heavy atom. The van der Waals surface area contributed by atoms with Crippen LogP contribution in [0.4, 0.5) is 4.39 Å². The highest BCUT2D eigenvalue weighted by Gasteiger charge is 2.23. The van der Waals surface area contributed by atoms with Crippen molar-refractivity contribution in [2.45, 2.75) is 12.5 Å². The van der Waals surface area contributed by atoms with Crippen molar-refractivity contribution < 1.29 is 9.13 Å². The normalized spacial score (nSPS) is 14.8. The molecule has 0 aliphatic carbocycles. The lowest BCUT2D eigenvalue weighted by Crippen LogP contribution is -2.19. The van der Waals surface area contributed by atoms with Crippen LogP contribution in [0.1, 0.15) is 22.7 Å². The van der Waals surface area contributed by atoms with E-state index in [0.717, 1.165) is 23.3 Å². The third-order valence-corrected chi connectivity index (χ3v) is 3.95. The quantitative estimate of drug-likeness (QED) is 0.930. The van der Waals surface area contributed by atoms with Gasteiger partial charge in [-0.15, -0.1) is 0 Å². The molecule has 3 rings (SSSR count). The molecule has 1 heterocycles. The second-order valence-electron chi connectivity index (χ2n) is 4.82. The molecule has 1 atom stereocenters. The van der Waals surface area contributed by atoms with Crippen LogP contribution < -0.4 is 10.1 Å². The summed E-state index contributed by atoms with van der Waals surface area (Å²) in [5.74, 6) is 0.593. The van der Waals surface area contributed by atoms with Crippen molar-refractivity contribution in [3.8, 4) is 5.75 Å². The summed E-state index contributed by atoms with van der Waals surface area (Å²) in [5.41, 5.74) is 3.09. The Bertz CT molecular complexity index is 644. The number of fused-ring (bicyclic) bond motifs is 1. The fraction of sp³-hybridized carbons (Fsp3) is 0.250. The number of hydrogen-bond acceptors (Lipinski definition) is 2. The van der Waals surface area contributed by atoms with Gasteiger partial charge in [-0.05, 0) is 30.3 Å². The second kappa shape index (κ2) is 5.43. The lowest BCUT2D eigenvalue weighted by Gasteiger charge is -2.21. The molecule has 0 saturated heterocycles. The lowest BCUT2D eigenvalue weighted by molar-refractivity contribution is 0.351. The van der Waals surface area contributed by atoms with Crippen LogP contribution in [0.3, 0.4) is 0 Å². The summed E-state index contributed by atoms with van der Waals surface area (Å²) in [6, 6.07) is 10.5. The third kappa shape index (κ3) is 2.28. The molecule has 2 aromatic rings. The van der Waals surface area contributed by atoms with Gasteiger partial charge >= 0.3 is 0 Å². The van der Waals surface area contributed by atoms with Crippen LogP contribution in [0.5, 0.6) is 5.75 Å². The Labute approximate surface area is 122 Å². The van der Waals surface area contributed by atoms with Crippen LogP contribution in [0, 0.1) is 5.82 Å². The van der Waals surface area contributed by atoms with Gasteiger partial charge in [0.1, 0.15) is 11.6 Å². The van der Waals surface area contributed by atoms with E-state index < -0.39 is 0 Å². The van der Waals surface area contributed by atoms with Crippen molar-refractivity contribution in [2.24, 2.45) is 0 Å². The molecule has 1 unspecified atom stereocenters. The average molecular weight is 292 g/mol. The molecule has 20 heavy (non-hydrogen) atoms. The molecular formula is C16H15ClFNO. The maximum atomic E-state index is 13.2. The van der Waals surface area contributed by atoms with Gasteiger partial charge in [0.05, 0.1) is 12.6 Å². The van der Waals surface area contributed by atoms with E-state index in [1.807, 2.05) is 19.2 Å². The first kappa shape index (κ1) is 13.4. The minimum Gasteiger partial charge on any atom is -0.493 e. The average Bonchev–Trinajstić information content (AvgIpc) is 2.91. The maximum Gasteiger partial charge on any atom is 0.127 e. The maximum absolute atomic E-state index is 13.2. The molecule has 0 spiro atoms. The highest BCUT2D eigenvalue weighted by atomic mass is 35.5. The Morgan fingerprint density at radius 2 is 2.10 bits per heavy atom. The second-order valence-corrected chi connectivity index (χ2v) is 5.23. The summed E-state index contributed by atoms with van der Waals surface area (Å²) in [6.07, 6.45) is 0.927. The zero-order valence-electron chi connectivity index (χ0n) is 11.1. The zero-order valence-corrected chi connectivity index (χ0v) is 11.9. The van der Waals surface area contributed by atoms with E-state index in [4.69, 9.17) is 16.3 Å². The number of para-hydroxylation sites is 1. The Balaban J connectivity index is 2.09. The number of benzene rings is 2. The van der Waals surface area contributed by atoms with Crippen LogP contribution in [-0.2, 0) is 6.42 Å². The fourth-order valence-electron chi connectivity index (χ4n) is 2.68. The fourth-order valence-corrected chi connectivity index (χ4v) is 2.96. The number of rotatable bonds is 3. The molecule has 0 radical (unpaired) electrons. The molecule has 2 aromatic carbocycles. The molecule has 0 fully saturated rings. The number of hydrogen-bond donors (Lipinski definition) is 1. The van der Waals surface area contributed by atoms with Gasteiger partial charge in [0.15, 0.2) is 0 Å². The van der Waals surface area contributed by atoms with Gasteiger partial charge in [0.25, 0.3) is 0 Å². The summed E-state index contributed by atoms with van der Waals surface area (Å²) in [5, 5.41) is 3.65. The van der Waals surface area contributed by atoms with Gasteiger partial charge in [-0.1, -0.05) is 35.9 Å². The molecule has 0 aromatic heterocycles. The van der Waals surface area contributed by atoms with Crippen molar-refractivity contribution in [2.75, 3.05) is 13.7 Å². The van der Waals surface area contributed by atoms with E-state index in [-0.39, 0.29) is 11.9 Å². The molecule has 1 aliphatic heterocycles. The smallest absolute Gasteiger partial charge is 0.127 e. The van der Waals surface area contributed by atoms with Gasteiger partial charge < -0.3 is 10.1 Å². The van der Waals surface area contributed by atoms with Crippen molar-refractivity contribution in [3.63, 3.8) is 0 Å². The summed E-state index contributed by atoms with van der Waals surface area (Å²) in [7, 11) is 1.86. The molecule has 0 amide bonds. The van der Waals surface area contributed by atoms with E-state index in [1.165, 1.54) is 17.7 Å². The molecule has 4 heteroatoms. The molecular weight excluding hydrogens is 277 g/mol. The number of nitrogens with one attached hydrogen (secondary N) is 1. The molecule has 104 valence electrons. The van der Waals surface area contributed by atoms with Crippen LogP contribution in [0.15, 0.2) is 36.4 Å². The number of halogens is 2. The van der Waals surface area contributed by atoms with E-state index in [2.05, 4.69) is 11.4 Å². The summed E-state index contributed by atoms with van der Waals surface area (Å²) in [6.45, 7) is 0.708. The van der Waals surface area contributed by atoms with E-state index in [1.54, 1.807) is 6.07 Å². The van der Waals surface area contributed by atoms with Crippen molar-refractivity contribution in [1.29, 1.82) is 0 Å². The van der Waals surface area contributed by atoms with Crippen molar-refractivity contribution in [1.82, 2.24) is 5.32 Å². The summed E-state index contributed by atoms with van der Waals surface area (Å²) >= 11 is 6.18. The van der Waals surface area contributed by atoms with Gasteiger partial charge in [0.2, 0.25) is 0 Å². The predicted octanol–water partition coefficient (Wildman–Crippen LogP) is 3.72. The monoisotopic (exact) mass is 291 g/mol. The van der Waals surface area contributed by atoms with E-state index in [0.29, 0.717) is 11.6 Å². The Hall–Kier alpha value is -1.58. The standard InChI is InChI=1S/C16H15ClFNO/c1-19-15(12-6-5-11(18)9-14(12)17)13-4-2-3-10-7-8-20-16(10)13/h2-6,9,15,19H,7-8H2,1H3. The SMILES string of the molecule is CNC(c1ccc(F)cc1Cl)c1cccc2c1OCC2. The molecule has 0 saturated carbocycles. The zero-order chi connectivity index (χ0) is 14.1. The van der Waals surface area contributed by atoms with Crippen molar-refractivity contribution in [3.05, 3.63) is 63.9 Å². The highest BCUT2D eigenvalue weighted by Crippen LogP contribution is 2.38. The molecule has 1 N–H and O–H groups in total. The first-order valence-corrected chi connectivity index (χ1v) is 6.95. The van der Waals surface area contributed by atoms with Crippen LogP contribution >= 0.6 is 11.6 Å². The molecule has 2 nitrogen and oxygen atoms in total. The van der Waals surface area contributed by atoms with Gasteiger partial charge in [-0.3, -0.25) is 0 Å². The first-order valence-electron chi connectivity index (χ1n) is 6.57. The Kier molecular flexibility index (Phi) is 3.64. The van der Waals surface area contributed by atoms with Crippen LogP contribution in [-0.4, -0.2) is 13.7 Å². The van der Waals surface area contributed by atoms with Crippen LogP contribution in [0.25, 0.3) is 0 Å². The lowest BCUT2D eigenvalue weighted by atomic mass is 9.96. The third-order valence-electron chi connectivity index (χ3n) is 3.62. The van der Waals surface area contributed by atoms with E-state index >= 15 is 0 Å². The van der Waals surface area contributed by atoms with Crippen LogP contribution in [0.2, 0.25) is 5.02 Å². The predicted molar refractivity (Wildman–Crippen MR) is 78.0 cm³/mol. The molecule has 1 aliphatic rings. The highest BCUT2D eigenvalue weighted by molar-refractivity contribution is 6.31. The van der Waals surface area contributed by atoms with Gasteiger partial charge in [-0.25, -0.2) is 4.39 Å². The summed E-state index contributed by atoms with van der Waals surface area (Å²) in [4.78, 5) is 0. The number of ether oxygens (including phenoxy) is 1.